The number of fused-ring (bicyclic) bond motifs is 1. The van der Waals surface area contributed by atoms with Gasteiger partial charge in [0.2, 0.25) is 0 Å². The van der Waals surface area contributed by atoms with Gasteiger partial charge in [0, 0.05) is 31.7 Å². The third-order valence-corrected chi connectivity index (χ3v) is 13.4. The fourth-order valence-electron chi connectivity index (χ4n) is 4.80. The fraction of sp³-hybridized carbons (Fsp3) is 0.760. The molecule has 4 nitrogen and oxygen atoms in total. The molecule has 2 heterocycles. The second kappa shape index (κ2) is 7.42. The van der Waals surface area contributed by atoms with Crippen molar-refractivity contribution in [2.45, 2.75) is 89.6 Å². The predicted molar refractivity (Wildman–Crippen MR) is 132 cm³/mol. The molecule has 2 aliphatic heterocycles. The van der Waals surface area contributed by atoms with Crippen molar-refractivity contribution in [2.24, 2.45) is 5.92 Å². The van der Waals surface area contributed by atoms with Crippen LogP contribution in [0, 0.1) is 5.92 Å². The lowest BCUT2D eigenvalue weighted by molar-refractivity contribution is 0.00578. The highest BCUT2D eigenvalue weighted by Crippen LogP contribution is 2.58. The van der Waals surface area contributed by atoms with Gasteiger partial charge in [0.1, 0.15) is 0 Å². The van der Waals surface area contributed by atoms with E-state index in [1.165, 1.54) is 18.5 Å². The second-order valence-corrected chi connectivity index (χ2v) is 17.4. The van der Waals surface area contributed by atoms with E-state index in [1.807, 2.05) is 0 Å². The van der Waals surface area contributed by atoms with Gasteiger partial charge in [0.05, 0.1) is 11.2 Å². The smallest absolute Gasteiger partial charge is 0.416 e. The van der Waals surface area contributed by atoms with Gasteiger partial charge in [-0.05, 0) is 69.2 Å². The Morgan fingerprint density at radius 3 is 2.19 bits per heavy atom. The normalized spacial score (nSPS) is 30.0. The summed E-state index contributed by atoms with van der Waals surface area (Å²) >= 11 is 0. The maximum absolute atomic E-state index is 6.42. The van der Waals surface area contributed by atoms with Gasteiger partial charge in [-0.15, -0.1) is 0 Å². The standard InChI is InChI=1S/C25H42BNO3Si/c1-22(2,3)31(8,9)28-15-14-27-17-20-16-25(20,18-27)19-10-12-21(13-11-19)26-29-23(4,5)24(6,7)30-26/h10-13,20H,14-18H2,1-9H3/t20-,25+/m1/s1. The lowest BCUT2D eigenvalue weighted by atomic mass is 9.78. The van der Waals surface area contributed by atoms with Gasteiger partial charge in [-0.3, -0.25) is 4.90 Å². The summed E-state index contributed by atoms with van der Waals surface area (Å²) in [5.74, 6) is 0.795. The first-order valence-electron chi connectivity index (χ1n) is 12.0. The van der Waals surface area contributed by atoms with Gasteiger partial charge in [-0.2, -0.15) is 0 Å². The molecule has 2 saturated heterocycles. The van der Waals surface area contributed by atoms with E-state index >= 15 is 0 Å². The Hall–Kier alpha value is -0.658. The van der Waals surface area contributed by atoms with Gasteiger partial charge >= 0.3 is 7.12 Å². The first kappa shape index (κ1) is 23.5. The molecule has 0 aromatic heterocycles. The summed E-state index contributed by atoms with van der Waals surface area (Å²) in [7, 11) is -1.93. The largest absolute Gasteiger partial charge is 0.494 e. The summed E-state index contributed by atoms with van der Waals surface area (Å²) in [6.45, 7) is 24.3. The molecule has 31 heavy (non-hydrogen) atoms. The van der Waals surface area contributed by atoms with Crippen LogP contribution in [0.25, 0.3) is 0 Å². The van der Waals surface area contributed by atoms with Crippen LogP contribution < -0.4 is 5.46 Å². The molecule has 3 aliphatic rings. The summed E-state index contributed by atoms with van der Waals surface area (Å²) in [5.41, 5.74) is 2.36. The summed E-state index contributed by atoms with van der Waals surface area (Å²) in [6.07, 6.45) is 1.32. The van der Waals surface area contributed by atoms with Crippen LogP contribution in [0.5, 0.6) is 0 Å². The van der Waals surface area contributed by atoms with Crippen molar-refractivity contribution in [3.63, 3.8) is 0 Å². The van der Waals surface area contributed by atoms with Crippen LogP contribution in [0.15, 0.2) is 24.3 Å². The van der Waals surface area contributed by atoms with Crippen molar-refractivity contribution in [1.82, 2.24) is 4.90 Å². The molecule has 4 rings (SSSR count). The van der Waals surface area contributed by atoms with Gasteiger partial charge in [-0.1, -0.05) is 45.0 Å². The zero-order chi connectivity index (χ0) is 22.9. The summed E-state index contributed by atoms with van der Waals surface area (Å²) in [4.78, 5) is 2.61. The number of hydrogen-bond donors (Lipinski definition) is 0. The van der Waals surface area contributed by atoms with E-state index < -0.39 is 8.32 Å². The third kappa shape index (κ3) is 4.19. The third-order valence-electron chi connectivity index (χ3n) is 8.90. The van der Waals surface area contributed by atoms with Crippen LogP contribution in [-0.4, -0.2) is 57.8 Å². The minimum absolute atomic E-state index is 0.278. The minimum Gasteiger partial charge on any atom is -0.416 e. The molecule has 1 aromatic carbocycles. The lowest BCUT2D eigenvalue weighted by Crippen LogP contribution is -2.43. The Balaban J connectivity index is 1.34. The molecule has 6 heteroatoms. The van der Waals surface area contributed by atoms with Crippen molar-refractivity contribution in [3.05, 3.63) is 29.8 Å². The molecule has 0 radical (unpaired) electrons. The zero-order valence-corrected chi connectivity index (χ0v) is 22.2. The number of nitrogens with zero attached hydrogens (tertiary/aromatic N) is 1. The number of hydrogen-bond acceptors (Lipinski definition) is 4. The Morgan fingerprint density at radius 1 is 1.06 bits per heavy atom. The van der Waals surface area contributed by atoms with E-state index in [0.717, 1.165) is 31.1 Å². The van der Waals surface area contributed by atoms with Gasteiger partial charge in [0.25, 0.3) is 0 Å². The quantitative estimate of drug-likeness (QED) is 0.603. The minimum atomic E-state index is -1.66. The van der Waals surface area contributed by atoms with E-state index in [0.29, 0.717) is 5.41 Å². The summed E-state index contributed by atoms with van der Waals surface area (Å²) < 4.78 is 18.9. The van der Waals surface area contributed by atoms with Gasteiger partial charge in [0.15, 0.2) is 8.32 Å². The molecule has 0 amide bonds. The van der Waals surface area contributed by atoms with Crippen molar-refractivity contribution >= 4 is 20.9 Å². The van der Waals surface area contributed by atoms with Crippen LogP contribution in [0.1, 0.15) is 60.5 Å². The first-order valence-corrected chi connectivity index (χ1v) is 14.9. The maximum Gasteiger partial charge on any atom is 0.494 e. The highest BCUT2D eigenvalue weighted by Gasteiger charge is 2.60. The van der Waals surface area contributed by atoms with Crippen molar-refractivity contribution in [2.75, 3.05) is 26.2 Å². The Bertz CT molecular complexity index is 801. The second-order valence-electron chi connectivity index (χ2n) is 12.6. The molecule has 172 valence electrons. The fourth-order valence-corrected chi connectivity index (χ4v) is 5.84. The molecular formula is C25H42BNO3Si. The van der Waals surface area contributed by atoms with Crippen LogP contribution in [0.3, 0.4) is 0 Å². The first-order chi connectivity index (χ1) is 14.2. The molecule has 3 fully saturated rings. The molecule has 1 saturated carbocycles. The average Bonchev–Trinajstić information content (AvgIpc) is 3.12. The Kier molecular flexibility index (Phi) is 5.63. The number of likely N-dealkylation sites (tertiary alicyclic amines) is 1. The van der Waals surface area contributed by atoms with E-state index in [4.69, 9.17) is 13.7 Å². The van der Waals surface area contributed by atoms with E-state index in [1.54, 1.807) is 0 Å². The van der Waals surface area contributed by atoms with Crippen LogP contribution in [0.2, 0.25) is 18.1 Å². The molecule has 1 aliphatic carbocycles. The van der Waals surface area contributed by atoms with E-state index in [-0.39, 0.29) is 23.4 Å². The molecule has 0 unspecified atom stereocenters. The Labute approximate surface area is 191 Å². The van der Waals surface area contributed by atoms with Crippen molar-refractivity contribution < 1.29 is 13.7 Å². The molecular weight excluding hydrogens is 401 g/mol. The molecule has 2 atom stereocenters. The number of piperidine rings is 1. The number of benzene rings is 1. The Morgan fingerprint density at radius 2 is 1.65 bits per heavy atom. The van der Waals surface area contributed by atoms with Crippen molar-refractivity contribution in [3.8, 4) is 0 Å². The monoisotopic (exact) mass is 443 g/mol. The topological polar surface area (TPSA) is 30.9 Å². The van der Waals surface area contributed by atoms with Gasteiger partial charge in [-0.25, -0.2) is 0 Å². The predicted octanol–water partition coefficient (Wildman–Crippen LogP) is 4.58. The average molecular weight is 444 g/mol. The molecule has 1 aromatic rings. The van der Waals surface area contributed by atoms with E-state index in [9.17, 15) is 0 Å². The van der Waals surface area contributed by atoms with Crippen LogP contribution in [-0.2, 0) is 19.1 Å². The summed E-state index contributed by atoms with van der Waals surface area (Å²) in [6, 6.07) is 9.06. The highest BCUT2D eigenvalue weighted by atomic mass is 28.4. The lowest BCUT2D eigenvalue weighted by Gasteiger charge is -2.36. The van der Waals surface area contributed by atoms with Crippen molar-refractivity contribution in [1.29, 1.82) is 0 Å². The van der Waals surface area contributed by atoms with Crippen LogP contribution >= 0.6 is 0 Å². The van der Waals surface area contributed by atoms with Crippen LogP contribution in [0.4, 0.5) is 0 Å². The molecule has 0 N–H and O–H groups in total. The molecule has 0 bridgehead atoms. The molecule has 0 spiro atoms. The zero-order valence-electron chi connectivity index (χ0n) is 21.2. The SMILES string of the molecule is CC1(C)OB(c2ccc([C@@]34C[C@@H]3CN(CCO[Si](C)(C)C(C)(C)C)C4)cc2)OC1(C)C. The van der Waals surface area contributed by atoms with E-state index in [2.05, 4.69) is 90.7 Å². The number of rotatable bonds is 6. The summed E-state index contributed by atoms with van der Waals surface area (Å²) in [5, 5.41) is 0.278. The maximum atomic E-state index is 6.42. The highest BCUT2D eigenvalue weighted by molar-refractivity contribution is 6.74. The van der Waals surface area contributed by atoms with Gasteiger partial charge < -0.3 is 13.7 Å².